The van der Waals surface area contributed by atoms with Crippen molar-refractivity contribution in [3.05, 3.63) is 52.5 Å². The number of aromatic nitrogens is 1. The summed E-state index contributed by atoms with van der Waals surface area (Å²) < 4.78 is 40.4. The topological polar surface area (TPSA) is 113 Å². The zero-order chi connectivity index (χ0) is 29.7. The normalized spacial score (nSPS) is 17.0. The number of anilines is 1. The van der Waals surface area contributed by atoms with Crippen LogP contribution in [0.4, 0.5) is 9.93 Å². The summed E-state index contributed by atoms with van der Waals surface area (Å²) in [5, 5.41) is 0.603. The number of fused-ring (bicyclic) bond motifs is 1. The molecule has 11 nitrogen and oxygen atoms in total. The van der Waals surface area contributed by atoms with Gasteiger partial charge in [0.25, 0.3) is 5.91 Å². The largest absolute Gasteiger partial charge is 0.450 e. The number of thiazole rings is 1. The van der Waals surface area contributed by atoms with Gasteiger partial charge in [-0.1, -0.05) is 27.3 Å². The highest BCUT2D eigenvalue weighted by atomic mass is 79.9. The van der Waals surface area contributed by atoms with Crippen LogP contribution in [-0.2, 0) is 19.5 Å². The molecule has 226 valence electrons. The Morgan fingerprint density at radius 1 is 1.05 bits per heavy atom. The van der Waals surface area contributed by atoms with Gasteiger partial charge in [-0.3, -0.25) is 14.6 Å². The summed E-state index contributed by atoms with van der Waals surface area (Å²) in [6.07, 6.45) is 0.322. The number of carbonyl (C=O) groups is 2. The zero-order valence-corrected chi connectivity index (χ0v) is 26.6. The van der Waals surface area contributed by atoms with Crippen LogP contribution < -0.4 is 4.90 Å². The summed E-state index contributed by atoms with van der Waals surface area (Å²) in [6, 6.07) is 11.9. The Morgan fingerprint density at radius 2 is 1.76 bits per heavy atom. The van der Waals surface area contributed by atoms with Crippen molar-refractivity contribution in [1.82, 2.24) is 19.1 Å². The number of sulfonamides is 1. The third-order valence-electron chi connectivity index (χ3n) is 7.28. The van der Waals surface area contributed by atoms with Gasteiger partial charge in [0, 0.05) is 62.4 Å². The fourth-order valence-electron chi connectivity index (χ4n) is 4.96. The Bertz CT molecular complexity index is 1500. The van der Waals surface area contributed by atoms with Gasteiger partial charge in [-0.15, -0.1) is 0 Å². The van der Waals surface area contributed by atoms with Crippen LogP contribution in [-0.4, -0.2) is 112 Å². The van der Waals surface area contributed by atoms with Gasteiger partial charge >= 0.3 is 6.09 Å². The molecule has 2 amide bonds. The van der Waals surface area contributed by atoms with Crippen molar-refractivity contribution in [3.8, 4) is 0 Å². The lowest BCUT2D eigenvalue weighted by Gasteiger charge is -2.33. The highest BCUT2D eigenvalue weighted by Crippen LogP contribution is 2.32. The molecule has 14 heteroatoms. The quantitative estimate of drug-likeness (QED) is 0.335. The number of hydrogen-bond donors (Lipinski definition) is 0. The second kappa shape index (κ2) is 13.8. The Morgan fingerprint density at radius 3 is 2.45 bits per heavy atom. The van der Waals surface area contributed by atoms with Crippen molar-refractivity contribution in [3.63, 3.8) is 0 Å². The molecule has 0 N–H and O–H groups in total. The van der Waals surface area contributed by atoms with E-state index in [-0.39, 0.29) is 43.6 Å². The van der Waals surface area contributed by atoms with Gasteiger partial charge < -0.3 is 14.4 Å². The Kier molecular flexibility index (Phi) is 10.1. The summed E-state index contributed by atoms with van der Waals surface area (Å²) in [5.74, 6) is -0.234. The van der Waals surface area contributed by atoms with Gasteiger partial charge in [-0.05, 0) is 55.8 Å². The number of piperazine rings is 1. The van der Waals surface area contributed by atoms with Crippen LogP contribution in [0.1, 0.15) is 23.7 Å². The van der Waals surface area contributed by atoms with E-state index in [0.717, 1.165) is 40.7 Å². The molecule has 1 aromatic heterocycles. The second-order valence-corrected chi connectivity index (χ2v) is 13.8. The van der Waals surface area contributed by atoms with Gasteiger partial charge in [0.1, 0.15) is 0 Å². The molecule has 0 radical (unpaired) electrons. The summed E-state index contributed by atoms with van der Waals surface area (Å²) in [7, 11) is -3.79. The van der Waals surface area contributed by atoms with E-state index in [0.29, 0.717) is 30.5 Å². The average molecular weight is 681 g/mol. The number of carbonyl (C=O) groups excluding carboxylic acids is 2. The van der Waals surface area contributed by atoms with E-state index in [1.165, 1.54) is 32.7 Å². The van der Waals surface area contributed by atoms with Crippen LogP contribution in [0.5, 0.6) is 0 Å². The van der Waals surface area contributed by atoms with E-state index < -0.39 is 16.1 Å². The average Bonchev–Trinajstić information content (AvgIpc) is 3.42. The molecule has 0 unspecified atom stereocenters. The molecule has 0 spiro atoms. The van der Waals surface area contributed by atoms with Crippen LogP contribution in [0.2, 0.25) is 0 Å². The Labute approximate surface area is 258 Å². The molecule has 3 aromatic rings. The minimum atomic E-state index is -3.79. The van der Waals surface area contributed by atoms with Gasteiger partial charge in [0.05, 0.1) is 34.9 Å². The van der Waals surface area contributed by atoms with E-state index in [1.807, 2.05) is 18.2 Å². The van der Waals surface area contributed by atoms with Crippen molar-refractivity contribution >= 4 is 64.6 Å². The summed E-state index contributed by atoms with van der Waals surface area (Å²) in [5.41, 5.74) is 1.20. The predicted octanol–water partition coefficient (Wildman–Crippen LogP) is 3.89. The third kappa shape index (κ3) is 7.12. The van der Waals surface area contributed by atoms with E-state index >= 15 is 0 Å². The van der Waals surface area contributed by atoms with E-state index in [4.69, 9.17) is 14.5 Å². The molecule has 0 aliphatic carbocycles. The minimum Gasteiger partial charge on any atom is -0.450 e. The van der Waals surface area contributed by atoms with Crippen LogP contribution in [0, 0.1) is 0 Å². The fourth-order valence-corrected chi connectivity index (χ4v) is 7.93. The van der Waals surface area contributed by atoms with Crippen LogP contribution >= 0.6 is 27.3 Å². The molecule has 2 fully saturated rings. The first kappa shape index (κ1) is 30.8. The Hall–Kier alpha value is -2.62. The summed E-state index contributed by atoms with van der Waals surface area (Å²) in [4.78, 5) is 36.2. The maximum Gasteiger partial charge on any atom is 0.409 e. The highest BCUT2D eigenvalue weighted by Gasteiger charge is 2.31. The van der Waals surface area contributed by atoms with Gasteiger partial charge in [0.15, 0.2) is 5.13 Å². The maximum atomic E-state index is 13.8. The number of amides is 2. The van der Waals surface area contributed by atoms with E-state index in [2.05, 4.69) is 20.8 Å². The van der Waals surface area contributed by atoms with E-state index in [1.54, 1.807) is 24.0 Å². The zero-order valence-electron chi connectivity index (χ0n) is 23.4. The maximum absolute atomic E-state index is 13.8. The lowest BCUT2D eigenvalue weighted by Crippen LogP contribution is -2.50. The van der Waals surface area contributed by atoms with Crippen LogP contribution in [0.15, 0.2) is 51.8 Å². The number of hydrogen-bond acceptors (Lipinski definition) is 9. The predicted molar refractivity (Wildman–Crippen MR) is 165 cm³/mol. The van der Waals surface area contributed by atoms with Crippen LogP contribution in [0.25, 0.3) is 10.2 Å². The molecule has 5 rings (SSSR count). The number of morpholine rings is 1. The van der Waals surface area contributed by atoms with Crippen molar-refractivity contribution in [2.75, 3.05) is 77.1 Å². The first-order valence-corrected chi connectivity index (χ1v) is 17.0. The molecule has 2 aromatic carbocycles. The molecule has 42 heavy (non-hydrogen) atoms. The number of nitrogens with zero attached hydrogens (tertiary/aromatic N) is 5. The second-order valence-electron chi connectivity index (χ2n) is 9.99. The molecule has 2 aliphatic rings. The molecule has 2 saturated heterocycles. The number of benzene rings is 2. The smallest absolute Gasteiger partial charge is 0.409 e. The van der Waals surface area contributed by atoms with Crippen LogP contribution in [0.3, 0.4) is 0 Å². The lowest BCUT2D eigenvalue weighted by atomic mass is 10.2. The number of ether oxygens (including phenoxy) is 2. The minimum absolute atomic E-state index is 0.104. The summed E-state index contributed by atoms with van der Waals surface area (Å²) in [6.45, 7) is 7.34. The molecule has 2 aliphatic heterocycles. The molecule has 0 saturated carbocycles. The molecule has 0 atom stereocenters. The Balaban J connectivity index is 1.31. The van der Waals surface area contributed by atoms with Gasteiger partial charge in [-0.2, -0.15) is 4.31 Å². The van der Waals surface area contributed by atoms with Gasteiger partial charge in [-0.25, -0.2) is 18.2 Å². The first-order valence-electron chi connectivity index (χ1n) is 14.0. The molecule has 0 bridgehead atoms. The molecular formula is C28H34BrN5O6S2. The molecular weight excluding hydrogens is 646 g/mol. The van der Waals surface area contributed by atoms with Crippen molar-refractivity contribution in [1.29, 1.82) is 0 Å². The monoisotopic (exact) mass is 679 g/mol. The van der Waals surface area contributed by atoms with Crippen molar-refractivity contribution < 1.29 is 27.5 Å². The first-order chi connectivity index (χ1) is 20.3. The van der Waals surface area contributed by atoms with Crippen molar-refractivity contribution in [2.45, 2.75) is 18.2 Å². The summed E-state index contributed by atoms with van der Waals surface area (Å²) >= 11 is 4.96. The highest BCUT2D eigenvalue weighted by molar-refractivity contribution is 9.10. The van der Waals surface area contributed by atoms with E-state index in [9.17, 15) is 18.0 Å². The lowest BCUT2D eigenvalue weighted by molar-refractivity contribution is 0.0376. The fraction of sp³-hybridized carbons (Fsp3) is 0.464. The third-order valence-corrected chi connectivity index (χ3v) is 10.7. The van der Waals surface area contributed by atoms with Crippen molar-refractivity contribution in [2.24, 2.45) is 0 Å². The standard InChI is InChI=1S/C28H34BrN5O6S2/c1-2-40-28(36)32-12-14-33(15-13-32)42(37,38)23-7-4-21(5-8-23)26(35)34(11-3-10-31-16-18-39-19-17-31)27-30-24-9-6-22(29)20-25(24)41-27/h4-9,20H,2-3,10-19H2,1H3. The number of rotatable bonds is 9. The number of halogens is 1. The van der Waals surface area contributed by atoms with Gasteiger partial charge in [0.2, 0.25) is 10.0 Å². The molecule has 3 heterocycles. The SMILES string of the molecule is CCOC(=O)N1CCN(S(=O)(=O)c2ccc(C(=O)N(CCCN3CCOCC3)c3nc4ccc(Br)cc4s3)cc2)CC1.